The number of aromatic nitrogens is 1. The van der Waals surface area contributed by atoms with E-state index in [0.29, 0.717) is 23.9 Å². The number of oxazole rings is 1. The molecule has 5 nitrogen and oxygen atoms in total. The lowest BCUT2D eigenvalue weighted by Gasteiger charge is -2.10. The molecule has 15 heavy (non-hydrogen) atoms. The normalized spacial score (nSPS) is 17.5. The predicted octanol–water partition coefficient (Wildman–Crippen LogP) is 0.450. The number of amides is 1. The van der Waals surface area contributed by atoms with Crippen LogP contribution in [0.1, 0.15) is 29.1 Å². The Hall–Kier alpha value is -1.36. The maximum absolute atomic E-state index is 11.6. The first kappa shape index (κ1) is 10.2. The lowest BCUT2D eigenvalue weighted by molar-refractivity contribution is 0.0944. The van der Waals surface area contributed by atoms with E-state index in [-0.39, 0.29) is 11.9 Å². The van der Waals surface area contributed by atoms with Crippen LogP contribution in [0.3, 0.4) is 0 Å². The van der Waals surface area contributed by atoms with Gasteiger partial charge in [0.05, 0.1) is 0 Å². The maximum Gasteiger partial charge on any atom is 0.273 e. The molecule has 5 heteroatoms. The van der Waals surface area contributed by atoms with E-state index in [1.54, 1.807) is 6.92 Å². The largest absolute Gasteiger partial charge is 0.448 e. The minimum atomic E-state index is -0.211. The van der Waals surface area contributed by atoms with Crippen molar-refractivity contribution in [2.75, 3.05) is 6.54 Å². The number of rotatable bonds is 4. The molecule has 1 aliphatic carbocycles. The molecule has 1 fully saturated rings. The van der Waals surface area contributed by atoms with Crippen LogP contribution < -0.4 is 11.1 Å². The topological polar surface area (TPSA) is 81.2 Å². The molecule has 0 spiro atoms. The van der Waals surface area contributed by atoms with E-state index in [1.165, 1.54) is 19.2 Å². The molecule has 1 aromatic heterocycles. The van der Waals surface area contributed by atoms with Gasteiger partial charge in [-0.1, -0.05) is 0 Å². The van der Waals surface area contributed by atoms with Crippen LogP contribution >= 0.6 is 0 Å². The van der Waals surface area contributed by atoms with E-state index >= 15 is 0 Å². The molecule has 1 amide bonds. The molecule has 82 valence electrons. The minimum absolute atomic E-state index is 0.0705. The van der Waals surface area contributed by atoms with Gasteiger partial charge in [0.1, 0.15) is 5.76 Å². The third-order valence-corrected chi connectivity index (χ3v) is 2.69. The summed E-state index contributed by atoms with van der Waals surface area (Å²) in [6.45, 7) is 2.22. The molecule has 3 N–H and O–H groups in total. The monoisotopic (exact) mass is 209 g/mol. The molecule has 1 heterocycles. The number of carbonyl (C=O) groups excluding carboxylic acids is 1. The number of hydrogen-bond acceptors (Lipinski definition) is 4. The fraction of sp³-hybridized carbons (Fsp3) is 0.600. The van der Waals surface area contributed by atoms with Crippen LogP contribution in [0.25, 0.3) is 0 Å². The first-order valence-corrected chi connectivity index (χ1v) is 5.12. The summed E-state index contributed by atoms with van der Waals surface area (Å²) in [5.74, 6) is 0.911. The molecule has 0 saturated heterocycles. The number of nitrogens with two attached hydrogens (primary N) is 1. The van der Waals surface area contributed by atoms with Gasteiger partial charge in [-0.15, -0.1) is 0 Å². The van der Waals surface area contributed by atoms with Crippen molar-refractivity contribution in [3.05, 3.63) is 17.8 Å². The molecule has 1 aromatic rings. The van der Waals surface area contributed by atoms with Crippen molar-refractivity contribution >= 4 is 5.91 Å². The minimum Gasteiger partial charge on any atom is -0.448 e. The Labute approximate surface area is 88.0 Å². The lowest BCUT2D eigenvalue weighted by atomic mass is 10.2. The number of hydrogen-bond donors (Lipinski definition) is 2. The average molecular weight is 209 g/mol. The van der Waals surface area contributed by atoms with Gasteiger partial charge in [-0.25, -0.2) is 4.98 Å². The number of carbonyl (C=O) groups is 1. The van der Waals surface area contributed by atoms with Gasteiger partial charge in [-0.3, -0.25) is 4.79 Å². The summed E-state index contributed by atoms with van der Waals surface area (Å²) >= 11 is 0. The molecule has 1 aliphatic rings. The van der Waals surface area contributed by atoms with E-state index in [2.05, 4.69) is 10.3 Å². The third kappa shape index (κ3) is 2.36. The zero-order valence-corrected chi connectivity index (χ0v) is 8.69. The van der Waals surface area contributed by atoms with E-state index in [9.17, 15) is 4.79 Å². The number of nitrogens with one attached hydrogen (secondary N) is 1. The van der Waals surface area contributed by atoms with E-state index in [0.717, 1.165) is 0 Å². The summed E-state index contributed by atoms with van der Waals surface area (Å²) in [7, 11) is 0. The zero-order chi connectivity index (χ0) is 10.8. The molecule has 0 bridgehead atoms. The van der Waals surface area contributed by atoms with Crippen molar-refractivity contribution in [3.63, 3.8) is 0 Å². The highest BCUT2D eigenvalue weighted by Gasteiger charge is 2.28. The van der Waals surface area contributed by atoms with Gasteiger partial charge >= 0.3 is 0 Å². The molecular formula is C10H15N3O2. The van der Waals surface area contributed by atoms with Crippen molar-refractivity contribution < 1.29 is 9.21 Å². The van der Waals surface area contributed by atoms with Crippen molar-refractivity contribution in [2.24, 2.45) is 11.7 Å². The molecule has 1 saturated carbocycles. The first-order chi connectivity index (χ1) is 7.18. The van der Waals surface area contributed by atoms with Crippen molar-refractivity contribution in [1.29, 1.82) is 0 Å². The van der Waals surface area contributed by atoms with Gasteiger partial charge in [-0.2, -0.15) is 0 Å². The molecule has 1 unspecified atom stereocenters. The smallest absolute Gasteiger partial charge is 0.273 e. The van der Waals surface area contributed by atoms with Gasteiger partial charge in [0.25, 0.3) is 5.91 Å². The Kier molecular flexibility index (Phi) is 2.73. The summed E-state index contributed by atoms with van der Waals surface area (Å²) in [6.07, 6.45) is 3.63. The Bertz CT molecular complexity index is 357. The molecule has 0 aromatic carbocycles. The van der Waals surface area contributed by atoms with Gasteiger partial charge in [-0.05, 0) is 25.7 Å². The van der Waals surface area contributed by atoms with Crippen LogP contribution in [0.5, 0.6) is 0 Å². The van der Waals surface area contributed by atoms with Gasteiger partial charge < -0.3 is 15.5 Å². The van der Waals surface area contributed by atoms with Gasteiger partial charge in [0.15, 0.2) is 12.1 Å². The Morgan fingerprint density at radius 2 is 2.53 bits per heavy atom. The summed E-state index contributed by atoms with van der Waals surface area (Å²) in [4.78, 5) is 15.4. The standard InChI is InChI=1S/C10H15N3O2/c1-6-9(13-5-15-6)10(14)12-4-8(11)7-2-3-7/h5,7-8H,2-4,11H2,1H3,(H,12,14). The highest BCUT2D eigenvalue weighted by molar-refractivity contribution is 5.93. The number of aryl methyl sites for hydroxylation is 1. The van der Waals surface area contributed by atoms with Crippen LogP contribution in [0.4, 0.5) is 0 Å². The molecule has 1 atom stereocenters. The Morgan fingerprint density at radius 3 is 3.07 bits per heavy atom. The molecule has 0 aliphatic heterocycles. The average Bonchev–Trinajstić information content (AvgIpc) is 2.98. The van der Waals surface area contributed by atoms with Crippen molar-refractivity contribution in [2.45, 2.75) is 25.8 Å². The summed E-state index contributed by atoms with van der Waals surface area (Å²) in [5.41, 5.74) is 6.21. The fourth-order valence-electron chi connectivity index (χ4n) is 1.51. The maximum atomic E-state index is 11.6. The Morgan fingerprint density at radius 1 is 1.80 bits per heavy atom. The second-order valence-electron chi connectivity index (χ2n) is 3.97. The summed E-state index contributed by atoms with van der Waals surface area (Å²) < 4.78 is 4.95. The second kappa shape index (κ2) is 4.02. The van der Waals surface area contributed by atoms with E-state index in [4.69, 9.17) is 10.2 Å². The van der Waals surface area contributed by atoms with Crippen LogP contribution in [-0.2, 0) is 0 Å². The van der Waals surface area contributed by atoms with Crippen LogP contribution in [0.15, 0.2) is 10.8 Å². The van der Waals surface area contributed by atoms with E-state index < -0.39 is 0 Å². The zero-order valence-electron chi connectivity index (χ0n) is 8.69. The van der Waals surface area contributed by atoms with Gasteiger partial charge in [0.2, 0.25) is 0 Å². The molecule has 0 radical (unpaired) electrons. The van der Waals surface area contributed by atoms with Crippen molar-refractivity contribution in [3.8, 4) is 0 Å². The highest BCUT2D eigenvalue weighted by Crippen LogP contribution is 2.31. The summed E-state index contributed by atoms with van der Waals surface area (Å²) in [6, 6.07) is 0.0705. The fourth-order valence-corrected chi connectivity index (χ4v) is 1.51. The predicted molar refractivity (Wildman–Crippen MR) is 54.3 cm³/mol. The third-order valence-electron chi connectivity index (χ3n) is 2.69. The molecule has 2 rings (SSSR count). The molecular weight excluding hydrogens is 194 g/mol. The first-order valence-electron chi connectivity index (χ1n) is 5.12. The second-order valence-corrected chi connectivity index (χ2v) is 3.97. The lowest BCUT2D eigenvalue weighted by Crippen LogP contribution is -2.38. The van der Waals surface area contributed by atoms with Crippen LogP contribution in [0, 0.1) is 12.8 Å². The van der Waals surface area contributed by atoms with Crippen LogP contribution in [0.2, 0.25) is 0 Å². The summed E-state index contributed by atoms with van der Waals surface area (Å²) in [5, 5.41) is 2.76. The Balaban J connectivity index is 1.84. The van der Waals surface area contributed by atoms with Crippen molar-refractivity contribution in [1.82, 2.24) is 10.3 Å². The SMILES string of the molecule is Cc1ocnc1C(=O)NCC(N)C1CC1. The highest BCUT2D eigenvalue weighted by atomic mass is 16.3. The van der Waals surface area contributed by atoms with Gasteiger partial charge in [0, 0.05) is 12.6 Å². The van der Waals surface area contributed by atoms with Crippen LogP contribution in [-0.4, -0.2) is 23.5 Å². The quantitative estimate of drug-likeness (QED) is 0.754. The number of nitrogens with zero attached hydrogens (tertiary/aromatic N) is 1. The van der Waals surface area contributed by atoms with E-state index in [1.807, 2.05) is 0 Å².